The fraction of sp³-hybridized carbons (Fsp3) is 0.435. The van der Waals surface area contributed by atoms with Crippen LogP contribution in [0.25, 0.3) is 0 Å². The lowest BCUT2D eigenvalue weighted by molar-refractivity contribution is -0.118. The zero-order valence-electron chi connectivity index (χ0n) is 18.8. The van der Waals surface area contributed by atoms with Gasteiger partial charge in [0, 0.05) is 26.2 Å². The molecule has 0 aromatic heterocycles. The van der Waals surface area contributed by atoms with E-state index in [1.807, 2.05) is 25.1 Å². The second-order valence-corrected chi connectivity index (χ2v) is 9.46. The lowest BCUT2D eigenvalue weighted by Gasteiger charge is -2.31. The van der Waals surface area contributed by atoms with Crippen LogP contribution in [0.2, 0.25) is 0 Å². The first-order valence-corrected chi connectivity index (χ1v) is 12.3. The maximum atomic E-state index is 13.0. The quantitative estimate of drug-likeness (QED) is 0.618. The average Bonchev–Trinajstić information content (AvgIpc) is 2.79. The Balaban J connectivity index is 1.85. The second-order valence-electron chi connectivity index (χ2n) is 7.52. The maximum Gasteiger partial charge on any atom is 0.262 e. The van der Waals surface area contributed by atoms with Crippen LogP contribution in [0, 0.1) is 6.92 Å². The molecule has 174 valence electrons. The molecule has 0 saturated carbocycles. The molecular weight excluding hydrogens is 430 g/mol. The van der Waals surface area contributed by atoms with Crippen molar-refractivity contribution in [2.24, 2.45) is 0 Å². The van der Waals surface area contributed by atoms with E-state index >= 15 is 0 Å². The summed E-state index contributed by atoms with van der Waals surface area (Å²) in [5, 5.41) is 2.85. The van der Waals surface area contributed by atoms with E-state index in [2.05, 4.69) is 10.2 Å². The highest BCUT2D eigenvalue weighted by Gasteiger charge is 2.24. The van der Waals surface area contributed by atoms with Crippen molar-refractivity contribution in [3.8, 4) is 5.75 Å². The van der Waals surface area contributed by atoms with Gasteiger partial charge in [-0.15, -0.1) is 0 Å². The Morgan fingerprint density at radius 2 is 1.84 bits per heavy atom. The lowest BCUT2D eigenvalue weighted by Crippen LogP contribution is -2.37. The Kier molecular flexibility index (Phi) is 8.11. The minimum absolute atomic E-state index is 0.146. The number of nitrogens with zero attached hydrogens (tertiary/aromatic N) is 2. The van der Waals surface area contributed by atoms with Gasteiger partial charge in [-0.1, -0.05) is 26.0 Å². The molecule has 1 amide bonds. The van der Waals surface area contributed by atoms with Gasteiger partial charge in [-0.2, -0.15) is 4.31 Å². The SMILES string of the molecule is CCN(CC)S(=O)(=O)c1ccc(N2CCOCC2)c(NC(=O)COc2cccc(C)c2)c1. The van der Waals surface area contributed by atoms with Crippen molar-refractivity contribution in [3.05, 3.63) is 48.0 Å². The van der Waals surface area contributed by atoms with Crippen LogP contribution in [0.4, 0.5) is 11.4 Å². The van der Waals surface area contributed by atoms with Gasteiger partial charge < -0.3 is 19.7 Å². The number of hydrogen-bond acceptors (Lipinski definition) is 6. The van der Waals surface area contributed by atoms with Gasteiger partial charge in [-0.05, 0) is 42.8 Å². The highest BCUT2D eigenvalue weighted by molar-refractivity contribution is 7.89. The predicted octanol–water partition coefficient (Wildman–Crippen LogP) is 2.88. The van der Waals surface area contributed by atoms with Crippen LogP contribution >= 0.6 is 0 Å². The summed E-state index contributed by atoms with van der Waals surface area (Å²) < 4.78 is 38.5. The van der Waals surface area contributed by atoms with Gasteiger partial charge in [0.25, 0.3) is 5.91 Å². The highest BCUT2D eigenvalue weighted by Crippen LogP contribution is 2.31. The summed E-state index contributed by atoms with van der Waals surface area (Å²) in [5.41, 5.74) is 2.24. The normalized spacial score (nSPS) is 14.4. The molecule has 0 unspecified atom stereocenters. The molecule has 9 heteroatoms. The number of rotatable bonds is 9. The minimum atomic E-state index is -3.66. The van der Waals surface area contributed by atoms with Gasteiger partial charge in [0.15, 0.2) is 6.61 Å². The Morgan fingerprint density at radius 3 is 2.50 bits per heavy atom. The third kappa shape index (κ3) is 5.79. The van der Waals surface area contributed by atoms with Crippen LogP contribution in [0.5, 0.6) is 5.75 Å². The van der Waals surface area contributed by atoms with Crippen molar-refractivity contribution in [1.29, 1.82) is 0 Å². The molecule has 0 radical (unpaired) electrons. The van der Waals surface area contributed by atoms with Crippen LogP contribution in [0.3, 0.4) is 0 Å². The Hall–Kier alpha value is -2.62. The van der Waals surface area contributed by atoms with Crippen LogP contribution in [0.1, 0.15) is 19.4 Å². The number of nitrogens with one attached hydrogen (secondary N) is 1. The fourth-order valence-electron chi connectivity index (χ4n) is 3.61. The van der Waals surface area contributed by atoms with Crippen LogP contribution in [0.15, 0.2) is 47.4 Å². The van der Waals surface area contributed by atoms with Gasteiger partial charge in [-0.25, -0.2) is 8.42 Å². The molecule has 1 aliphatic heterocycles. The Labute approximate surface area is 190 Å². The summed E-state index contributed by atoms with van der Waals surface area (Å²) in [4.78, 5) is 14.9. The number of aryl methyl sites for hydroxylation is 1. The molecule has 8 nitrogen and oxygen atoms in total. The number of anilines is 2. The summed E-state index contributed by atoms with van der Waals surface area (Å²) in [5.74, 6) is 0.241. The van der Waals surface area contributed by atoms with Crippen molar-refractivity contribution in [2.45, 2.75) is 25.7 Å². The highest BCUT2D eigenvalue weighted by atomic mass is 32.2. The van der Waals surface area contributed by atoms with Gasteiger partial charge in [-0.3, -0.25) is 4.79 Å². The molecule has 0 bridgehead atoms. The third-order valence-corrected chi connectivity index (χ3v) is 7.34. The smallest absolute Gasteiger partial charge is 0.262 e. The first-order valence-electron chi connectivity index (χ1n) is 10.8. The number of ether oxygens (including phenoxy) is 2. The molecule has 2 aromatic rings. The number of amides is 1. The molecule has 1 aliphatic rings. The van der Waals surface area contributed by atoms with Crippen molar-refractivity contribution < 1.29 is 22.7 Å². The van der Waals surface area contributed by atoms with Crippen molar-refractivity contribution >= 4 is 27.3 Å². The Bertz CT molecular complexity index is 1030. The van der Waals surface area contributed by atoms with Gasteiger partial charge >= 0.3 is 0 Å². The first-order chi connectivity index (χ1) is 15.3. The van der Waals surface area contributed by atoms with Crippen LogP contribution < -0.4 is 15.0 Å². The summed E-state index contributed by atoms with van der Waals surface area (Å²) in [7, 11) is -3.66. The van der Waals surface area contributed by atoms with E-state index in [4.69, 9.17) is 9.47 Å². The largest absolute Gasteiger partial charge is 0.484 e. The molecule has 2 aromatic carbocycles. The lowest BCUT2D eigenvalue weighted by atomic mass is 10.2. The van der Waals surface area contributed by atoms with Gasteiger partial charge in [0.2, 0.25) is 10.0 Å². The monoisotopic (exact) mass is 461 g/mol. The van der Waals surface area contributed by atoms with Gasteiger partial charge in [0.1, 0.15) is 5.75 Å². The fourth-order valence-corrected chi connectivity index (χ4v) is 5.09. The summed E-state index contributed by atoms with van der Waals surface area (Å²) in [6.07, 6.45) is 0. The van der Waals surface area contributed by atoms with Crippen molar-refractivity contribution in [3.63, 3.8) is 0 Å². The summed E-state index contributed by atoms with van der Waals surface area (Å²) in [6, 6.07) is 12.3. The molecule has 0 atom stereocenters. The average molecular weight is 462 g/mol. The second kappa shape index (κ2) is 10.8. The molecule has 1 saturated heterocycles. The van der Waals surface area contributed by atoms with E-state index in [0.29, 0.717) is 50.8 Å². The molecule has 1 N–H and O–H groups in total. The van der Waals surface area contributed by atoms with E-state index in [1.165, 1.54) is 10.4 Å². The van der Waals surface area contributed by atoms with E-state index in [9.17, 15) is 13.2 Å². The number of morpholine rings is 1. The maximum absolute atomic E-state index is 13.0. The molecule has 3 rings (SSSR count). The third-order valence-electron chi connectivity index (χ3n) is 5.30. The number of benzene rings is 2. The molecule has 1 fully saturated rings. The van der Waals surface area contributed by atoms with Gasteiger partial charge in [0.05, 0.1) is 29.5 Å². The van der Waals surface area contributed by atoms with Crippen LogP contribution in [-0.4, -0.2) is 64.6 Å². The minimum Gasteiger partial charge on any atom is -0.484 e. The predicted molar refractivity (Wildman–Crippen MR) is 125 cm³/mol. The Morgan fingerprint density at radius 1 is 1.12 bits per heavy atom. The molecule has 0 aliphatic carbocycles. The topological polar surface area (TPSA) is 88.2 Å². The van der Waals surface area contributed by atoms with Crippen molar-refractivity contribution in [1.82, 2.24) is 4.31 Å². The summed E-state index contributed by atoms with van der Waals surface area (Å²) >= 11 is 0. The zero-order chi connectivity index (χ0) is 23.1. The number of hydrogen-bond donors (Lipinski definition) is 1. The number of carbonyl (C=O) groups is 1. The standard InChI is InChI=1S/C23H31N3O5S/c1-4-26(5-2)32(28,29)20-9-10-22(25-11-13-30-14-12-25)21(16-20)24-23(27)17-31-19-8-6-7-18(3)15-19/h6-10,15-16H,4-5,11-14,17H2,1-3H3,(H,24,27). The molecular formula is C23H31N3O5S. The van der Waals surface area contributed by atoms with Crippen molar-refractivity contribution in [2.75, 3.05) is 56.2 Å². The summed E-state index contributed by atoms with van der Waals surface area (Å²) in [6.45, 7) is 8.57. The molecule has 32 heavy (non-hydrogen) atoms. The zero-order valence-corrected chi connectivity index (χ0v) is 19.7. The van der Waals surface area contributed by atoms with E-state index in [-0.39, 0.29) is 17.4 Å². The number of sulfonamides is 1. The van der Waals surface area contributed by atoms with Crippen LogP contribution in [-0.2, 0) is 19.6 Å². The van der Waals surface area contributed by atoms with E-state index < -0.39 is 10.0 Å². The number of carbonyl (C=O) groups excluding carboxylic acids is 1. The van der Waals surface area contributed by atoms with E-state index in [1.54, 1.807) is 32.0 Å². The first kappa shape index (κ1) is 24.0. The molecule has 1 heterocycles. The molecule has 0 spiro atoms. The van der Waals surface area contributed by atoms with E-state index in [0.717, 1.165) is 11.3 Å².